The van der Waals surface area contributed by atoms with Gasteiger partial charge in [0.25, 0.3) is 5.69 Å². The molecule has 1 aliphatic carbocycles. The Kier molecular flexibility index (Phi) is 2.95. The number of nitrogens with zero attached hydrogens (tertiary/aromatic N) is 3. The van der Waals surface area contributed by atoms with Gasteiger partial charge in [0, 0.05) is 24.1 Å². The molecule has 6 nitrogen and oxygen atoms in total. The standard InChI is InChI=1S/C14H12N4O2/c15-7-10-5-14(16-8-9-1-2-9)17-13-4-3-11(18(19)20)6-12(10)13/h3-6,9H,1-2,8H2,(H,16,17). The van der Waals surface area contributed by atoms with Crippen LogP contribution in [-0.2, 0) is 0 Å². The number of fused-ring (bicyclic) bond motifs is 1. The molecule has 20 heavy (non-hydrogen) atoms. The number of nitrogens with one attached hydrogen (secondary N) is 1. The Morgan fingerprint density at radius 2 is 2.25 bits per heavy atom. The summed E-state index contributed by atoms with van der Waals surface area (Å²) in [4.78, 5) is 14.7. The number of aromatic nitrogens is 1. The Balaban J connectivity index is 2.02. The van der Waals surface area contributed by atoms with Gasteiger partial charge in [-0.3, -0.25) is 10.1 Å². The maximum atomic E-state index is 10.8. The minimum atomic E-state index is -0.472. The molecule has 1 saturated carbocycles. The zero-order chi connectivity index (χ0) is 14.1. The van der Waals surface area contributed by atoms with Gasteiger partial charge in [-0.2, -0.15) is 5.26 Å². The van der Waals surface area contributed by atoms with E-state index in [1.165, 1.54) is 25.0 Å². The fourth-order valence-electron chi connectivity index (χ4n) is 2.08. The van der Waals surface area contributed by atoms with Crippen molar-refractivity contribution in [3.05, 3.63) is 39.9 Å². The second-order valence-corrected chi connectivity index (χ2v) is 4.95. The Hall–Kier alpha value is -2.68. The third-order valence-electron chi connectivity index (χ3n) is 3.39. The van der Waals surface area contributed by atoms with Gasteiger partial charge in [0.2, 0.25) is 0 Å². The molecule has 0 amide bonds. The van der Waals surface area contributed by atoms with Crippen LogP contribution in [0.4, 0.5) is 11.5 Å². The van der Waals surface area contributed by atoms with E-state index < -0.39 is 4.92 Å². The van der Waals surface area contributed by atoms with Gasteiger partial charge in [-0.1, -0.05) is 0 Å². The number of hydrogen-bond donors (Lipinski definition) is 1. The van der Waals surface area contributed by atoms with E-state index in [1.807, 2.05) is 0 Å². The molecule has 1 aromatic carbocycles. The Bertz CT molecular complexity index is 732. The molecular formula is C14H12N4O2. The van der Waals surface area contributed by atoms with E-state index in [1.54, 1.807) is 12.1 Å². The molecule has 2 aromatic rings. The molecule has 1 fully saturated rings. The maximum Gasteiger partial charge on any atom is 0.270 e. The number of anilines is 1. The molecule has 1 heterocycles. The van der Waals surface area contributed by atoms with Crippen LogP contribution in [0, 0.1) is 27.4 Å². The number of nitro groups is 1. The predicted molar refractivity (Wildman–Crippen MR) is 74.3 cm³/mol. The Morgan fingerprint density at radius 1 is 1.45 bits per heavy atom. The van der Waals surface area contributed by atoms with E-state index in [4.69, 9.17) is 0 Å². The molecule has 1 N–H and O–H groups in total. The molecule has 0 atom stereocenters. The second-order valence-electron chi connectivity index (χ2n) is 4.95. The lowest BCUT2D eigenvalue weighted by Crippen LogP contribution is -2.05. The molecule has 6 heteroatoms. The molecule has 0 saturated heterocycles. The SMILES string of the molecule is N#Cc1cc(NCC2CC2)nc2ccc([N+](=O)[O-])cc12. The fraction of sp³-hybridized carbons (Fsp3) is 0.286. The van der Waals surface area contributed by atoms with Crippen LogP contribution < -0.4 is 5.32 Å². The van der Waals surface area contributed by atoms with Gasteiger partial charge < -0.3 is 5.32 Å². The normalized spacial score (nSPS) is 13.9. The van der Waals surface area contributed by atoms with Gasteiger partial charge >= 0.3 is 0 Å². The highest BCUT2D eigenvalue weighted by Crippen LogP contribution is 2.29. The molecular weight excluding hydrogens is 256 g/mol. The smallest absolute Gasteiger partial charge is 0.270 e. The highest BCUT2D eigenvalue weighted by atomic mass is 16.6. The van der Waals surface area contributed by atoms with Crippen LogP contribution in [0.2, 0.25) is 0 Å². The molecule has 100 valence electrons. The van der Waals surface area contributed by atoms with Crippen molar-refractivity contribution in [1.82, 2.24) is 4.98 Å². The van der Waals surface area contributed by atoms with Crippen molar-refractivity contribution in [2.75, 3.05) is 11.9 Å². The number of nitriles is 1. The first-order valence-electron chi connectivity index (χ1n) is 6.40. The van der Waals surface area contributed by atoms with Gasteiger partial charge in [0.05, 0.1) is 22.1 Å². The third-order valence-corrected chi connectivity index (χ3v) is 3.39. The number of rotatable bonds is 4. The van der Waals surface area contributed by atoms with Crippen LogP contribution in [0.5, 0.6) is 0 Å². The highest BCUT2D eigenvalue weighted by molar-refractivity contribution is 5.88. The monoisotopic (exact) mass is 268 g/mol. The lowest BCUT2D eigenvalue weighted by molar-refractivity contribution is -0.384. The first kappa shape index (κ1) is 12.4. The number of hydrogen-bond acceptors (Lipinski definition) is 5. The first-order chi connectivity index (χ1) is 9.67. The average Bonchev–Trinajstić information content (AvgIpc) is 3.27. The van der Waals surface area contributed by atoms with Crippen LogP contribution in [-0.4, -0.2) is 16.5 Å². The van der Waals surface area contributed by atoms with Crippen molar-refractivity contribution in [2.45, 2.75) is 12.8 Å². The summed E-state index contributed by atoms with van der Waals surface area (Å²) in [5, 5.41) is 23.7. The van der Waals surface area contributed by atoms with Crippen LogP contribution in [0.3, 0.4) is 0 Å². The summed E-state index contributed by atoms with van der Waals surface area (Å²) in [6.45, 7) is 0.857. The van der Waals surface area contributed by atoms with Crippen molar-refractivity contribution in [3.63, 3.8) is 0 Å². The van der Waals surface area contributed by atoms with Gasteiger partial charge in [-0.15, -0.1) is 0 Å². The van der Waals surface area contributed by atoms with Crippen LogP contribution in [0.25, 0.3) is 10.9 Å². The minimum absolute atomic E-state index is 0.0329. The predicted octanol–water partition coefficient (Wildman–Crippen LogP) is 2.84. The molecule has 0 spiro atoms. The number of nitro benzene ring substituents is 1. The minimum Gasteiger partial charge on any atom is -0.370 e. The van der Waals surface area contributed by atoms with Crippen molar-refractivity contribution >= 4 is 22.4 Å². The summed E-state index contributed by atoms with van der Waals surface area (Å²) in [6, 6.07) is 8.10. The summed E-state index contributed by atoms with van der Waals surface area (Å²) < 4.78 is 0. The average molecular weight is 268 g/mol. The second kappa shape index (κ2) is 4.78. The molecule has 0 aliphatic heterocycles. The molecule has 1 aliphatic rings. The number of pyridine rings is 1. The van der Waals surface area contributed by atoms with E-state index in [-0.39, 0.29) is 5.69 Å². The van der Waals surface area contributed by atoms with E-state index in [2.05, 4.69) is 16.4 Å². The van der Waals surface area contributed by atoms with E-state index in [0.717, 1.165) is 6.54 Å². The summed E-state index contributed by atoms with van der Waals surface area (Å²) in [6.07, 6.45) is 2.47. The van der Waals surface area contributed by atoms with E-state index in [0.29, 0.717) is 28.2 Å². The van der Waals surface area contributed by atoms with Gasteiger partial charge in [-0.05, 0) is 30.9 Å². The molecule has 1 aromatic heterocycles. The molecule has 0 bridgehead atoms. The van der Waals surface area contributed by atoms with Crippen molar-refractivity contribution < 1.29 is 4.92 Å². The zero-order valence-corrected chi connectivity index (χ0v) is 10.7. The van der Waals surface area contributed by atoms with Crippen LogP contribution >= 0.6 is 0 Å². The van der Waals surface area contributed by atoms with Crippen molar-refractivity contribution in [3.8, 4) is 6.07 Å². The quantitative estimate of drug-likeness (QED) is 0.680. The number of benzene rings is 1. The summed E-state index contributed by atoms with van der Waals surface area (Å²) in [5.74, 6) is 1.35. The largest absolute Gasteiger partial charge is 0.370 e. The van der Waals surface area contributed by atoms with E-state index in [9.17, 15) is 15.4 Å². The van der Waals surface area contributed by atoms with Gasteiger partial charge in [0.15, 0.2) is 0 Å². The Morgan fingerprint density at radius 3 is 2.90 bits per heavy atom. The Labute approximate surface area is 115 Å². The first-order valence-corrected chi connectivity index (χ1v) is 6.40. The highest BCUT2D eigenvalue weighted by Gasteiger charge is 2.21. The van der Waals surface area contributed by atoms with Crippen LogP contribution in [0.15, 0.2) is 24.3 Å². The summed E-state index contributed by atoms with van der Waals surface area (Å²) in [7, 11) is 0. The fourth-order valence-corrected chi connectivity index (χ4v) is 2.08. The number of non-ortho nitro benzene ring substituents is 1. The van der Waals surface area contributed by atoms with Gasteiger partial charge in [-0.25, -0.2) is 4.98 Å². The zero-order valence-electron chi connectivity index (χ0n) is 10.7. The summed E-state index contributed by atoms with van der Waals surface area (Å²) in [5.41, 5.74) is 0.958. The third kappa shape index (κ3) is 2.38. The van der Waals surface area contributed by atoms with E-state index >= 15 is 0 Å². The van der Waals surface area contributed by atoms with Crippen LogP contribution in [0.1, 0.15) is 18.4 Å². The molecule has 3 rings (SSSR count). The summed E-state index contributed by atoms with van der Waals surface area (Å²) >= 11 is 0. The van der Waals surface area contributed by atoms with Crippen molar-refractivity contribution in [1.29, 1.82) is 5.26 Å². The van der Waals surface area contributed by atoms with Gasteiger partial charge in [0.1, 0.15) is 5.82 Å². The van der Waals surface area contributed by atoms with Crippen molar-refractivity contribution in [2.24, 2.45) is 5.92 Å². The topological polar surface area (TPSA) is 91.8 Å². The lowest BCUT2D eigenvalue weighted by atomic mass is 10.1. The lowest BCUT2D eigenvalue weighted by Gasteiger charge is -2.07. The molecule has 0 radical (unpaired) electrons. The molecule has 0 unspecified atom stereocenters. The maximum absolute atomic E-state index is 10.8.